The Hall–Kier alpha value is -1.35. The van der Waals surface area contributed by atoms with Gasteiger partial charge >= 0.3 is 5.97 Å². The van der Waals surface area contributed by atoms with Crippen LogP contribution < -0.4 is 0 Å². The van der Waals surface area contributed by atoms with E-state index < -0.39 is 5.97 Å². The molecule has 2 rings (SSSR count). The third-order valence-electron chi connectivity index (χ3n) is 4.79. The summed E-state index contributed by atoms with van der Waals surface area (Å²) in [7, 11) is 2.11. The summed E-state index contributed by atoms with van der Waals surface area (Å²) < 4.78 is 0. The van der Waals surface area contributed by atoms with Gasteiger partial charge in [0.1, 0.15) is 0 Å². The van der Waals surface area contributed by atoms with Crippen LogP contribution in [0, 0.1) is 17.3 Å². The molecule has 0 radical (unpaired) electrons. The van der Waals surface area contributed by atoms with E-state index in [4.69, 9.17) is 0 Å². The minimum absolute atomic E-state index is 0.0769. The molecule has 1 saturated carbocycles. The lowest BCUT2D eigenvalue weighted by molar-refractivity contribution is -0.141. The van der Waals surface area contributed by atoms with Crippen molar-refractivity contribution in [3.8, 4) is 0 Å². The lowest BCUT2D eigenvalue weighted by Crippen LogP contribution is -2.42. The van der Waals surface area contributed by atoms with E-state index in [-0.39, 0.29) is 5.41 Å². The zero-order chi connectivity index (χ0) is 16.2. The Bertz CT molecular complexity index is 475. The van der Waals surface area contributed by atoms with Crippen molar-refractivity contribution in [3.05, 3.63) is 35.9 Å². The molecule has 1 aliphatic carbocycles. The van der Waals surface area contributed by atoms with Crippen molar-refractivity contribution in [3.63, 3.8) is 0 Å². The summed E-state index contributed by atoms with van der Waals surface area (Å²) >= 11 is 0. The second-order valence-electron chi connectivity index (χ2n) is 7.58. The molecule has 1 aliphatic rings. The van der Waals surface area contributed by atoms with Crippen LogP contribution in [0.15, 0.2) is 30.3 Å². The normalized spacial score (nSPS) is 28.7. The molecular formula is C19H29NO2. The Kier molecular flexibility index (Phi) is 5.63. The molecule has 1 N–H and O–H groups in total. The summed E-state index contributed by atoms with van der Waals surface area (Å²) in [5.41, 5.74) is 1.21. The summed E-state index contributed by atoms with van der Waals surface area (Å²) in [5.74, 6) is 0.580. The molecule has 3 heteroatoms. The van der Waals surface area contributed by atoms with Gasteiger partial charge in [-0.25, -0.2) is 0 Å². The van der Waals surface area contributed by atoms with Crippen molar-refractivity contribution in [1.29, 1.82) is 0 Å². The minimum Gasteiger partial charge on any atom is -0.481 e. The fraction of sp³-hybridized carbons (Fsp3) is 0.632. The molecule has 1 aromatic rings. The van der Waals surface area contributed by atoms with Crippen molar-refractivity contribution in [2.45, 2.75) is 46.1 Å². The third-order valence-corrected chi connectivity index (χ3v) is 4.79. The maximum atomic E-state index is 11.4. The number of aliphatic carboxylic acids is 1. The lowest BCUT2D eigenvalue weighted by atomic mass is 9.64. The quantitative estimate of drug-likeness (QED) is 0.862. The molecule has 0 aromatic heterocycles. The first-order valence-corrected chi connectivity index (χ1v) is 8.33. The second-order valence-corrected chi connectivity index (χ2v) is 7.58. The first-order valence-electron chi connectivity index (χ1n) is 8.33. The van der Waals surface area contributed by atoms with E-state index in [9.17, 15) is 9.90 Å². The Morgan fingerprint density at radius 1 is 1.23 bits per heavy atom. The van der Waals surface area contributed by atoms with E-state index in [1.54, 1.807) is 0 Å². The van der Waals surface area contributed by atoms with E-state index in [0.29, 0.717) is 18.3 Å². The summed E-state index contributed by atoms with van der Waals surface area (Å²) in [4.78, 5) is 13.7. The Morgan fingerprint density at radius 3 is 2.36 bits per heavy atom. The van der Waals surface area contributed by atoms with Crippen LogP contribution in [-0.4, -0.2) is 29.6 Å². The minimum atomic E-state index is -0.658. The average Bonchev–Trinajstić information content (AvgIpc) is 2.36. The van der Waals surface area contributed by atoms with Crippen molar-refractivity contribution in [2.24, 2.45) is 17.3 Å². The molecule has 22 heavy (non-hydrogen) atoms. The van der Waals surface area contributed by atoms with E-state index in [2.05, 4.69) is 50.1 Å². The SMILES string of the molecule is C[C@@H]1C[C@H](C)C[C@](CC(=O)O)(CN(C)Cc2ccccc2)C1. The van der Waals surface area contributed by atoms with E-state index in [0.717, 1.165) is 25.9 Å². The fourth-order valence-electron chi connectivity index (χ4n) is 4.59. The van der Waals surface area contributed by atoms with Gasteiger partial charge in [0, 0.05) is 13.1 Å². The van der Waals surface area contributed by atoms with Crippen LogP contribution in [0.2, 0.25) is 0 Å². The molecule has 0 amide bonds. The van der Waals surface area contributed by atoms with Crippen molar-refractivity contribution in [1.82, 2.24) is 4.90 Å². The molecule has 0 aliphatic heterocycles. The maximum absolute atomic E-state index is 11.4. The molecule has 0 bridgehead atoms. The van der Waals surface area contributed by atoms with Gasteiger partial charge < -0.3 is 10.0 Å². The molecule has 1 fully saturated rings. The highest BCUT2D eigenvalue weighted by molar-refractivity contribution is 5.67. The van der Waals surface area contributed by atoms with Gasteiger partial charge in [-0.1, -0.05) is 44.2 Å². The monoisotopic (exact) mass is 303 g/mol. The molecular weight excluding hydrogens is 274 g/mol. The van der Waals surface area contributed by atoms with Gasteiger partial charge in [0.05, 0.1) is 6.42 Å². The van der Waals surface area contributed by atoms with Gasteiger partial charge in [-0.3, -0.25) is 4.79 Å². The molecule has 0 unspecified atom stereocenters. The standard InChI is InChI=1S/C19H29NO2/c1-15-9-16(2)11-19(10-15,12-18(21)22)14-20(3)13-17-7-5-4-6-8-17/h4-8,15-16H,9-14H2,1-3H3,(H,21,22)/t15-,16+,19-. The molecule has 122 valence electrons. The van der Waals surface area contributed by atoms with Gasteiger partial charge in [0.15, 0.2) is 0 Å². The van der Waals surface area contributed by atoms with Gasteiger partial charge in [0.25, 0.3) is 0 Å². The summed E-state index contributed by atoms with van der Waals surface area (Å²) in [6.45, 7) is 6.28. The maximum Gasteiger partial charge on any atom is 0.303 e. The predicted molar refractivity (Wildman–Crippen MR) is 89.6 cm³/mol. The predicted octanol–water partition coefficient (Wildman–Crippen LogP) is 4.04. The first kappa shape index (κ1) is 17.0. The number of carboxylic acid groups (broad SMARTS) is 1. The first-order chi connectivity index (χ1) is 10.4. The zero-order valence-electron chi connectivity index (χ0n) is 14.1. The topological polar surface area (TPSA) is 40.5 Å². The number of hydrogen-bond acceptors (Lipinski definition) is 2. The van der Waals surface area contributed by atoms with Gasteiger partial charge in [-0.2, -0.15) is 0 Å². The molecule has 0 heterocycles. The highest BCUT2D eigenvalue weighted by Crippen LogP contribution is 2.45. The van der Waals surface area contributed by atoms with Crippen molar-refractivity contribution >= 4 is 5.97 Å². The van der Waals surface area contributed by atoms with Crippen LogP contribution in [0.1, 0.15) is 45.1 Å². The fourth-order valence-corrected chi connectivity index (χ4v) is 4.59. The summed E-state index contributed by atoms with van der Waals surface area (Å²) in [6.07, 6.45) is 3.58. The molecule has 0 spiro atoms. The van der Waals surface area contributed by atoms with Crippen molar-refractivity contribution < 1.29 is 9.90 Å². The molecule has 1 aromatic carbocycles. The van der Waals surface area contributed by atoms with Gasteiger partial charge in [0.2, 0.25) is 0 Å². The van der Waals surface area contributed by atoms with Crippen LogP contribution in [-0.2, 0) is 11.3 Å². The number of hydrogen-bond donors (Lipinski definition) is 1. The molecule has 0 saturated heterocycles. The van der Waals surface area contributed by atoms with Crippen LogP contribution >= 0.6 is 0 Å². The number of rotatable bonds is 6. The Labute approximate surface area is 134 Å². The molecule has 3 nitrogen and oxygen atoms in total. The third kappa shape index (κ3) is 4.84. The van der Waals surface area contributed by atoms with Crippen LogP contribution in [0.5, 0.6) is 0 Å². The van der Waals surface area contributed by atoms with E-state index in [1.165, 1.54) is 12.0 Å². The zero-order valence-corrected chi connectivity index (χ0v) is 14.1. The van der Waals surface area contributed by atoms with E-state index >= 15 is 0 Å². The summed E-state index contributed by atoms with van der Waals surface area (Å²) in [5, 5.41) is 9.39. The van der Waals surface area contributed by atoms with Crippen LogP contribution in [0.25, 0.3) is 0 Å². The average molecular weight is 303 g/mol. The number of nitrogens with zero attached hydrogens (tertiary/aromatic N) is 1. The second kappa shape index (κ2) is 7.28. The Morgan fingerprint density at radius 2 is 1.82 bits per heavy atom. The smallest absolute Gasteiger partial charge is 0.303 e. The highest BCUT2D eigenvalue weighted by Gasteiger charge is 2.40. The highest BCUT2D eigenvalue weighted by atomic mass is 16.4. The van der Waals surface area contributed by atoms with Crippen LogP contribution in [0.3, 0.4) is 0 Å². The molecule has 3 atom stereocenters. The largest absolute Gasteiger partial charge is 0.481 e. The van der Waals surface area contributed by atoms with E-state index in [1.807, 2.05) is 6.07 Å². The number of carboxylic acids is 1. The van der Waals surface area contributed by atoms with Gasteiger partial charge in [-0.15, -0.1) is 0 Å². The van der Waals surface area contributed by atoms with Crippen molar-refractivity contribution in [2.75, 3.05) is 13.6 Å². The Balaban J connectivity index is 2.07. The number of carbonyl (C=O) groups is 1. The number of benzene rings is 1. The lowest BCUT2D eigenvalue weighted by Gasteiger charge is -2.44. The summed E-state index contributed by atoms with van der Waals surface area (Å²) in [6, 6.07) is 10.4. The van der Waals surface area contributed by atoms with Crippen LogP contribution in [0.4, 0.5) is 0 Å². The van der Waals surface area contributed by atoms with Gasteiger partial charge in [-0.05, 0) is 49.1 Å².